The molecule has 2 heterocycles. The molecule has 1 unspecified atom stereocenters. The lowest BCUT2D eigenvalue weighted by Gasteiger charge is -2.46. The minimum atomic E-state index is -0.406. The van der Waals surface area contributed by atoms with E-state index in [1.807, 2.05) is 35.1 Å². The van der Waals surface area contributed by atoms with E-state index in [-0.39, 0.29) is 29.9 Å². The fourth-order valence-corrected chi connectivity index (χ4v) is 6.19. The third-order valence-corrected chi connectivity index (χ3v) is 8.22. The molecule has 1 aromatic heterocycles. The molecule has 5 nitrogen and oxygen atoms in total. The Morgan fingerprint density at radius 1 is 1.21 bits per heavy atom. The molecule has 6 heteroatoms. The third kappa shape index (κ3) is 2.86. The SMILES string of the molecule is C[C@]12Cc3cnn(-c4ccc(F)cc4)c3C=C1CC[C@@]2(CO)CC1OC(=O)c2ccccc21. The highest BCUT2D eigenvalue weighted by atomic mass is 19.1. The molecule has 2 aromatic carbocycles. The molecule has 0 saturated heterocycles. The summed E-state index contributed by atoms with van der Waals surface area (Å²) in [6, 6.07) is 13.9. The lowest BCUT2D eigenvalue weighted by Crippen LogP contribution is -2.43. The number of benzene rings is 2. The van der Waals surface area contributed by atoms with Gasteiger partial charge in [-0.15, -0.1) is 0 Å². The number of aliphatic hydroxyl groups is 1. The van der Waals surface area contributed by atoms with E-state index in [9.17, 15) is 14.3 Å². The minimum Gasteiger partial charge on any atom is -0.454 e. The van der Waals surface area contributed by atoms with Gasteiger partial charge in [0.05, 0.1) is 23.1 Å². The first kappa shape index (κ1) is 20.4. The molecule has 33 heavy (non-hydrogen) atoms. The average Bonchev–Trinajstić information content (AvgIpc) is 3.45. The van der Waals surface area contributed by atoms with E-state index in [0.717, 1.165) is 41.8 Å². The van der Waals surface area contributed by atoms with E-state index in [0.29, 0.717) is 12.0 Å². The van der Waals surface area contributed by atoms with Crippen LogP contribution in [0.2, 0.25) is 0 Å². The van der Waals surface area contributed by atoms with Gasteiger partial charge in [-0.25, -0.2) is 13.9 Å². The maximum Gasteiger partial charge on any atom is 0.339 e. The molecule has 0 bridgehead atoms. The Hall–Kier alpha value is -3.25. The second kappa shape index (κ2) is 7.12. The summed E-state index contributed by atoms with van der Waals surface area (Å²) in [5, 5.41) is 15.3. The Morgan fingerprint density at radius 3 is 2.79 bits per heavy atom. The molecule has 0 radical (unpaired) electrons. The fraction of sp³-hybridized carbons (Fsp3) is 0.333. The zero-order chi connectivity index (χ0) is 22.8. The highest BCUT2D eigenvalue weighted by molar-refractivity contribution is 5.94. The topological polar surface area (TPSA) is 64.3 Å². The molecule has 3 aliphatic rings. The highest BCUT2D eigenvalue weighted by Crippen LogP contribution is 2.63. The van der Waals surface area contributed by atoms with Crippen LogP contribution in [-0.2, 0) is 11.2 Å². The van der Waals surface area contributed by atoms with Gasteiger partial charge >= 0.3 is 5.97 Å². The number of allylic oxidation sites excluding steroid dienone is 1. The Kier molecular flexibility index (Phi) is 4.40. The summed E-state index contributed by atoms with van der Waals surface area (Å²) in [5.74, 6) is -0.558. The molecule has 3 aromatic rings. The van der Waals surface area contributed by atoms with Crippen LogP contribution in [0.5, 0.6) is 0 Å². The van der Waals surface area contributed by atoms with Gasteiger partial charge in [0.15, 0.2) is 0 Å². The van der Waals surface area contributed by atoms with Gasteiger partial charge < -0.3 is 9.84 Å². The normalized spacial score (nSPS) is 27.5. The molecule has 6 rings (SSSR count). The van der Waals surface area contributed by atoms with Crippen molar-refractivity contribution in [1.82, 2.24) is 9.78 Å². The van der Waals surface area contributed by atoms with Crippen LogP contribution in [0, 0.1) is 16.6 Å². The monoisotopic (exact) mass is 444 g/mol. The summed E-state index contributed by atoms with van der Waals surface area (Å²) < 4.78 is 21.0. The van der Waals surface area contributed by atoms with Crippen LogP contribution < -0.4 is 0 Å². The molecule has 0 spiro atoms. The first-order valence-electron chi connectivity index (χ1n) is 11.4. The summed E-state index contributed by atoms with van der Waals surface area (Å²) in [4.78, 5) is 12.4. The lowest BCUT2D eigenvalue weighted by molar-refractivity contribution is -0.0229. The number of aliphatic hydroxyl groups excluding tert-OH is 1. The van der Waals surface area contributed by atoms with Crippen molar-refractivity contribution < 1.29 is 19.0 Å². The smallest absolute Gasteiger partial charge is 0.339 e. The Bertz CT molecular complexity index is 1290. The van der Waals surface area contributed by atoms with E-state index >= 15 is 0 Å². The lowest BCUT2D eigenvalue weighted by atomic mass is 9.59. The number of carbonyl (C=O) groups excluding carboxylic acids is 1. The molecule has 1 fully saturated rings. The van der Waals surface area contributed by atoms with Crippen LogP contribution in [0.15, 0.2) is 60.3 Å². The van der Waals surface area contributed by atoms with Gasteiger partial charge in [-0.1, -0.05) is 30.7 Å². The van der Waals surface area contributed by atoms with Gasteiger partial charge in [-0.2, -0.15) is 5.10 Å². The maximum absolute atomic E-state index is 13.4. The Morgan fingerprint density at radius 2 is 2.00 bits per heavy atom. The Balaban J connectivity index is 1.36. The first-order valence-corrected chi connectivity index (χ1v) is 11.4. The average molecular weight is 445 g/mol. The molecule has 168 valence electrons. The van der Waals surface area contributed by atoms with Crippen molar-refractivity contribution in [3.8, 4) is 5.69 Å². The molecule has 1 saturated carbocycles. The first-order chi connectivity index (χ1) is 15.9. The number of hydrogen-bond donors (Lipinski definition) is 1. The summed E-state index contributed by atoms with van der Waals surface area (Å²) in [6.45, 7) is 2.25. The second-order valence-electron chi connectivity index (χ2n) is 9.75. The van der Waals surface area contributed by atoms with Crippen LogP contribution in [0.25, 0.3) is 11.8 Å². The number of ether oxygens (including phenoxy) is 1. The number of cyclic esters (lactones) is 1. The maximum atomic E-state index is 13.4. The standard InChI is InChI=1S/C27H25FN2O3/c1-26-13-17-15-29-30(20-8-6-19(28)7-9-20)23(17)12-18(26)10-11-27(26,16-31)14-24-21-4-2-3-5-22(21)25(32)33-24/h2-9,12,15,24,31H,10-11,13-14,16H2,1H3/t24?,26-,27-/m0/s1. The summed E-state index contributed by atoms with van der Waals surface area (Å²) in [6.07, 6.45) is 6.76. The zero-order valence-electron chi connectivity index (χ0n) is 18.4. The number of fused-ring (bicyclic) bond motifs is 3. The second-order valence-corrected chi connectivity index (χ2v) is 9.75. The number of aromatic nitrogens is 2. The number of rotatable bonds is 4. The van der Waals surface area contributed by atoms with Gasteiger partial charge in [0.1, 0.15) is 11.9 Å². The van der Waals surface area contributed by atoms with Gasteiger partial charge in [0, 0.05) is 23.0 Å². The summed E-state index contributed by atoms with van der Waals surface area (Å²) in [7, 11) is 0. The van der Waals surface area contributed by atoms with Crippen LogP contribution in [0.1, 0.15) is 59.5 Å². The molecular formula is C27H25FN2O3. The number of hydrogen-bond acceptors (Lipinski definition) is 4. The number of esters is 1. The molecule has 2 aliphatic carbocycles. The molecule has 1 aliphatic heterocycles. The van der Waals surface area contributed by atoms with Crippen LogP contribution in [-0.4, -0.2) is 27.5 Å². The quantitative estimate of drug-likeness (QED) is 0.573. The minimum absolute atomic E-state index is 0.0263. The number of halogens is 1. The predicted octanol–water partition coefficient (Wildman–Crippen LogP) is 5.03. The van der Waals surface area contributed by atoms with Crippen molar-refractivity contribution in [2.24, 2.45) is 10.8 Å². The van der Waals surface area contributed by atoms with Gasteiger partial charge in [0.2, 0.25) is 0 Å². The van der Waals surface area contributed by atoms with Gasteiger partial charge in [-0.3, -0.25) is 0 Å². The highest BCUT2D eigenvalue weighted by Gasteiger charge is 2.57. The van der Waals surface area contributed by atoms with Crippen molar-refractivity contribution in [1.29, 1.82) is 0 Å². The van der Waals surface area contributed by atoms with Gasteiger partial charge in [0.25, 0.3) is 0 Å². The van der Waals surface area contributed by atoms with E-state index in [1.54, 1.807) is 12.1 Å². The van der Waals surface area contributed by atoms with Crippen molar-refractivity contribution in [2.75, 3.05) is 6.61 Å². The van der Waals surface area contributed by atoms with Crippen molar-refractivity contribution in [3.63, 3.8) is 0 Å². The zero-order valence-corrected chi connectivity index (χ0v) is 18.4. The molecule has 1 N–H and O–H groups in total. The van der Waals surface area contributed by atoms with Crippen LogP contribution in [0.4, 0.5) is 4.39 Å². The summed E-state index contributed by atoms with van der Waals surface area (Å²) in [5.41, 5.74) is 5.09. The Labute approximate surface area is 191 Å². The van der Waals surface area contributed by atoms with Gasteiger partial charge in [-0.05, 0) is 67.7 Å². The largest absolute Gasteiger partial charge is 0.454 e. The fourth-order valence-electron chi connectivity index (χ4n) is 6.19. The van der Waals surface area contributed by atoms with Crippen LogP contribution >= 0.6 is 0 Å². The predicted molar refractivity (Wildman–Crippen MR) is 121 cm³/mol. The molecule has 3 atom stereocenters. The number of nitrogens with zero attached hydrogens (tertiary/aromatic N) is 2. The van der Waals surface area contributed by atoms with Crippen molar-refractivity contribution in [2.45, 2.75) is 38.7 Å². The third-order valence-electron chi connectivity index (χ3n) is 8.22. The van der Waals surface area contributed by atoms with E-state index in [2.05, 4.69) is 18.1 Å². The van der Waals surface area contributed by atoms with E-state index < -0.39 is 5.41 Å². The summed E-state index contributed by atoms with van der Waals surface area (Å²) >= 11 is 0. The van der Waals surface area contributed by atoms with Crippen molar-refractivity contribution >= 4 is 12.0 Å². The van der Waals surface area contributed by atoms with E-state index in [4.69, 9.17) is 4.74 Å². The van der Waals surface area contributed by atoms with E-state index in [1.165, 1.54) is 17.7 Å². The van der Waals surface area contributed by atoms with Crippen LogP contribution in [0.3, 0.4) is 0 Å². The molecular weight excluding hydrogens is 419 g/mol. The number of carbonyl (C=O) groups is 1. The molecule has 0 amide bonds. The van der Waals surface area contributed by atoms with Crippen molar-refractivity contribution in [3.05, 3.63) is 88.5 Å².